The van der Waals surface area contributed by atoms with E-state index in [9.17, 15) is 19.5 Å². The first-order valence-corrected chi connectivity index (χ1v) is 11.2. The fourth-order valence-corrected chi connectivity index (χ4v) is 4.30. The number of carbonyl (C=O) groups excluding carboxylic acids is 3. The number of cyclic esters (lactones) is 1. The number of nitrogens with one attached hydrogen (secondary N) is 2. The van der Waals surface area contributed by atoms with Crippen LogP contribution in [0.2, 0.25) is 0 Å². The second kappa shape index (κ2) is 11.1. The largest absolute Gasteiger partial charge is 0.460 e. The van der Waals surface area contributed by atoms with E-state index in [0.29, 0.717) is 37.5 Å². The monoisotopic (exact) mass is 426 g/mol. The highest BCUT2D eigenvalue weighted by Gasteiger charge is 2.42. The minimum Gasteiger partial charge on any atom is -0.460 e. The fourth-order valence-electron chi connectivity index (χ4n) is 4.30. The first-order valence-electron chi connectivity index (χ1n) is 11.2. The van der Waals surface area contributed by atoms with Gasteiger partial charge in [0, 0.05) is 19.4 Å². The summed E-state index contributed by atoms with van der Waals surface area (Å²) in [5.74, 6) is 0.774. The van der Waals surface area contributed by atoms with Gasteiger partial charge in [-0.25, -0.2) is 0 Å². The molecule has 0 spiro atoms. The van der Waals surface area contributed by atoms with Crippen molar-refractivity contribution in [2.24, 2.45) is 23.7 Å². The van der Waals surface area contributed by atoms with Gasteiger partial charge in [0.15, 0.2) is 0 Å². The Bertz CT molecular complexity index is 608. The second-order valence-electron chi connectivity index (χ2n) is 9.48. The van der Waals surface area contributed by atoms with Crippen molar-refractivity contribution in [3.63, 3.8) is 0 Å². The normalized spacial score (nSPS) is 30.6. The summed E-state index contributed by atoms with van der Waals surface area (Å²) in [5, 5.41) is 24.6. The molecule has 8 heteroatoms. The third kappa shape index (κ3) is 6.67. The molecule has 0 saturated carbocycles. The Morgan fingerprint density at radius 1 is 1.03 bits per heavy atom. The van der Waals surface area contributed by atoms with Crippen LogP contribution in [0.15, 0.2) is 0 Å². The van der Waals surface area contributed by atoms with E-state index in [1.165, 1.54) is 0 Å². The fraction of sp³-hybridized carbons (Fsp3) is 0.864. The van der Waals surface area contributed by atoms with E-state index >= 15 is 0 Å². The van der Waals surface area contributed by atoms with E-state index in [2.05, 4.69) is 10.6 Å². The zero-order valence-corrected chi connectivity index (χ0v) is 18.6. The zero-order chi connectivity index (χ0) is 22.4. The first kappa shape index (κ1) is 24.6. The van der Waals surface area contributed by atoms with Gasteiger partial charge in [0.05, 0.1) is 24.1 Å². The van der Waals surface area contributed by atoms with Crippen molar-refractivity contribution < 1.29 is 29.3 Å². The number of amides is 2. The molecule has 8 nitrogen and oxygen atoms in total. The van der Waals surface area contributed by atoms with E-state index in [-0.39, 0.29) is 54.4 Å². The smallest absolute Gasteiger partial charge is 0.309 e. The second-order valence-corrected chi connectivity index (χ2v) is 9.48. The highest BCUT2D eigenvalue weighted by atomic mass is 16.6. The number of hydrogen-bond acceptors (Lipinski definition) is 6. The van der Waals surface area contributed by atoms with Crippen LogP contribution in [0.5, 0.6) is 0 Å². The van der Waals surface area contributed by atoms with Crippen LogP contribution in [0.25, 0.3) is 0 Å². The van der Waals surface area contributed by atoms with Gasteiger partial charge in [-0.3, -0.25) is 14.4 Å². The quantitative estimate of drug-likeness (QED) is 0.452. The molecule has 6 atom stereocenters. The molecule has 0 aromatic carbocycles. The predicted octanol–water partition coefficient (Wildman–Crippen LogP) is 1.13. The van der Waals surface area contributed by atoms with Crippen molar-refractivity contribution in [1.82, 2.24) is 10.6 Å². The van der Waals surface area contributed by atoms with Crippen molar-refractivity contribution in [3.8, 4) is 0 Å². The summed E-state index contributed by atoms with van der Waals surface area (Å²) in [4.78, 5) is 33.6. The van der Waals surface area contributed by atoms with Gasteiger partial charge in [0.1, 0.15) is 6.10 Å². The number of hydrogen-bond donors (Lipinski definition) is 4. The molecule has 0 aliphatic carbocycles. The number of esters is 1. The van der Waals surface area contributed by atoms with Crippen molar-refractivity contribution >= 4 is 17.8 Å². The average Bonchev–Trinajstić information content (AvgIpc) is 3.39. The first-order chi connectivity index (χ1) is 14.1. The van der Waals surface area contributed by atoms with Crippen molar-refractivity contribution in [3.05, 3.63) is 0 Å². The third-order valence-electron chi connectivity index (χ3n) is 6.55. The molecule has 0 bridgehead atoms. The molecule has 0 aromatic rings. The Morgan fingerprint density at radius 3 is 2.10 bits per heavy atom. The lowest BCUT2D eigenvalue weighted by Gasteiger charge is -2.25. The van der Waals surface area contributed by atoms with Gasteiger partial charge < -0.3 is 25.6 Å². The Labute approximate surface area is 179 Å². The molecule has 1 unspecified atom stereocenters. The highest BCUT2D eigenvalue weighted by Crippen LogP contribution is 2.31. The van der Waals surface area contributed by atoms with E-state index in [4.69, 9.17) is 9.84 Å². The Balaban J connectivity index is 0.000000214. The van der Waals surface area contributed by atoms with Crippen LogP contribution in [-0.2, 0) is 19.1 Å². The minimum atomic E-state index is -0.531. The SMILES string of the molecule is CC(C)C1C[C@@H]([C@@H]2CCC(=O)N2)OC1=O.CC(C)[C@@H](CO)C[C@H](O)[C@@H]1CCC(=O)N1. The standard InChI is InChI=1S/C11H17NO3.C11H21NO3/c1-6(2)7-5-9(15-11(7)14)8-3-4-10(13)12-8;1-7(2)8(6-13)5-10(14)9-3-4-11(15)12-9/h6-9H,3-5H2,1-2H3,(H,12,13);7-10,13-14H,3-6H2,1-2H3,(H,12,15)/t7?,8-,9-;8-,9+,10+/m01/s1. The maximum Gasteiger partial charge on any atom is 0.309 e. The number of carbonyl (C=O) groups is 3. The molecular formula is C22H38N2O6. The van der Waals surface area contributed by atoms with Crippen LogP contribution in [0.3, 0.4) is 0 Å². The summed E-state index contributed by atoms with van der Waals surface area (Å²) >= 11 is 0. The van der Waals surface area contributed by atoms with Crippen LogP contribution >= 0.6 is 0 Å². The third-order valence-corrected chi connectivity index (χ3v) is 6.55. The lowest BCUT2D eigenvalue weighted by molar-refractivity contribution is -0.146. The lowest BCUT2D eigenvalue weighted by atomic mass is 9.88. The van der Waals surface area contributed by atoms with Gasteiger partial charge in [-0.1, -0.05) is 27.7 Å². The van der Waals surface area contributed by atoms with Crippen LogP contribution in [0.1, 0.15) is 66.2 Å². The van der Waals surface area contributed by atoms with Gasteiger partial charge in [-0.15, -0.1) is 0 Å². The predicted molar refractivity (Wildman–Crippen MR) is 111 cm³/mol. The lowest BCUT2D eigenvalue weighted by Crippen LogP contribution is -2.38. The van der Waals surface area contributed by atoms with Crippen LogP contribution in [0.4, 0.5) is 0 Å². The maximum atomic E-state index is 11.5. The average molecular weight is 427 g/mol. The summed E-state index contributed by atoms with van der Waals surface area (Å²) < 4.78 is 5.31. The molecule has 0 radical (unpaired) electrons. The van der Waals surface area contributed by atoms with Gasteiger partial charge in [-0.2, -0.15) is 0 Å². The Morgan fingerprint density at radius 2 is 1.67 bits per heavy atom. The summed E-state index contributed by atoms with van der Waals surface area (Å²) in [6, 6.07) is -0.0736. The van der Waals surface area contributed by atoms with E-state index in [1.54, 1.807) is 0 Å². The highest BCUT2D eigenvalue weighted by molar-refractivity contribution is 5.79. The van der Waals surface area contributed by atoms with E-state index in [0.717, 1.165) is 12.8 Å². The van der Waals surface area contributed by atoms with Gasteiger partial charge >= 0.3 is 5.97 Å². The molecule has 3 rings (SSSR count). The summed E-state index contributed by atoms with van der Waals surface area (Å²) in [5.41, 5.74) is 0. The zero-order valence-electron chi connectivity index (χ0n) is 18.6. The van der Waals surface area contributed by atoms with E-state index in [1.807, 2.05) is 27.7 Å². The van der Waals surface area contributed by atoms with Crippen molar-refractivity contribution in [2.75, 3.05) is 6.61 Å². The molecule has 4 N–H and O–H groups in total. The van der Waals surface area contributed by atoms with Gasteiger partial charge in [0.2, 0.25) is 11.8 Å². The van der Waals surface area contributed by atoms with Crippen molar-refractivity contribution in [2.45, 2.75) is 90.5 Å². The van der Waals surface area contributed by atoms with E-state index < -0.39 is 6.10 Å². The molecule has 3 aliphatic heterocycles. The van der Waals surface area contributed by atoms with Crippen molar-refractivity contribution in [1.29, 1.82) is 0 Å². The Kier molecular flexibility index (Phi) is 9.09. The summed E-state index contributed by atoms with van der Waals surface area (Å²) in [6.07, 6.45) is 3.24. The van der Waals surface area contributed by atoms with Crippen LogP contribution in [0, 0.1) is 23.7 Å². The number of rotatable bonds is 7. The topological polar surface area (TPSA) is 125 Å². The van der Waals surface area contributed by atoms with Gasteiger partial charge in [-0.05, 0) is 43.4 Å². The molecule has 3 aliphatic rings. The molecule has 3 fully saturated rings. The number of aliphatic hydroxyl groups excluding tert-OH is 2. The maximum absolute atomic E-state index is 11.5. The van der Waals surface area contributed by atoms with Crippen LogP contribution < -0.4 is 10.6 Å². The molecule has 30 heavy (non-hydrogen) atoms. The molecule has 172 valence electrons. The Hall–Kier alpha value is -1.67. The number of aliphatic hydroxyl groups is 2. The molecule has 0 aromatic heterocycles. The molecule has 3 saturated heterocycles. The number of ether oxygens (including phenoxy) is 1. The summed E-state index contributed by atoms with van der Waals surface area (Å²) in [7, 11) is 0. The van der Waals surface area contributed by atoms with Gasteiger partial charge in [0.25, 0.3) is 0 Å². The molecule has 3 heterocycles. The molecular weight excluding hydrogens is 388 g/mol. The molecule has 2 amide bonds. The summed E-state index contributed by atoms with van der Waals surface area (Å²) in [6.45, 7) is 8.21. The minimum absolute atomic E-state index is 0.00695. The van der Waals surface area contributed by atoms with Crippen LogP contribution in [-0.4, -0.2) is 58.9 Å².